The number of hydrogen-bond acceptors (Lipinski definition) is 7. The Kier molecular flexibility index (Phi) is 4.52. The van der Waals surface area contributed by atoms with Crippen molar-refractivity contribution in [1.82, 2.24) is 19.5 Å². The number of benzene rings is 1. The highest BCUT2D eigenvalue weighted by atomic mass is 32.1. The first-order valence-electron chi connectivity index (χ1n) is 9.10. The van der Waals surface area contributed by atoms with Crippen LogP contribution in [0.2, 0.25) is 0 Å². The van der Waals surface area contributed by atoms with Crippen molar-refractivity contribution in [3.63, 3.8) is 0 Å². The lowest BCUT2D eigenvalue weighted by atomic mass is 10.1. The number of anilines is 1. The minimum atomic E-state index is 0.00422. The van der Waals surface area contributed by atoms with E-state index in [1.807, 2.05) is 30.6 Å². The van der Waals surface area contributed by atoms with Crippen LogP contribution in [0.1, 0.15) is 0 Å². The molecular weight excluding hydrogens is 374 g/mol. The van der Waals surface area contributed by atoms with Gasteiger partial charge in [-0.25, -0.2) is 15.0 Å². The molecule has 1 aromatic carbocycles. The van der Waals surface area contributed by atoms with Crippen molar-refractivity contribution in [2.75, 3.05) is 25.6 Å². The van der Waals surface area contributed by atoms with Gasteiger partial charge in [0.1, 0.15) is 17.0 Å². The van der Waals surface area contributed by atoms with Crippen LogP contribution in [0.4, 0.5) is 5.82 Å². The summed E-state index contributed by atoms with van der Waals surface area (Å²) in [6.45, 7) is 2.53. The van der Waals surface area contributed by atoms with Crippen LogP contribution in [0.15, 0.2) is 49.1 Å². The zero-order valence-electron chi connectivity index (χ0n) is 15.1. The van der Waals surface area contributed by atoms with Crippen molar-refractivity contribution < 1.29 is 9.47 Å². The minimum Gasteiger partial charge on any atom is -0.383 e. The van der Waals surface area contributed by atoms with Crippen LogP contribution in [0.3, 0.4) is 0 Å². The monoisotopic (exact) mass is 393 g/mol. The molecule has 1 unspecified atom stereocenters. The molecule has 5 rings (SSSR count). The zero-order chi connectivity index (χ0) is 18.9. The molecule has 8 heteroatoms. The van der Waals surface area contributed by atoms with Gasteiger partial charge in [-0.15, -0.1) is 11.3 Å². The maximum Gasteiger partial charge on any atom is 0.135 e. The van der Waals surface area contributed by atoms with Gasteiger partial charge in [0.25, 0.3) is 0 Å². The molecule has 1 fully saturated rings. The lowest BCUT2D eigenvalue weighted by molar-refractivity contribution is -0.0934. The van der Waals surface area contributed by atoms with Crippen molar-refractivity contribution in [3.05, 3.63) is 49.1 Å². The van der Waals surface area contributed by atoms with E-state index in [1.165, 1.54) is 6.33 Å². The van der Waals surface area contributed by atoms with E-state index in [0.29, 0.717) is 32.2 Å². The minimum absolute atomic E-state index is 0.00422. The first-order valence-corrected chi connectivity index (χ1v) is 9.91. The molecule has 1 saturated heterocycles. The molecule has 1 aliphatic heterocycles. The number of nitrogen functional groups attached to an aromatic ring is 1. The molecule has 28 heavy (non-hydrogen) atoms. The van der Waals surface area contributed by atoms with Crippen LogP contribution in [-0.2, 0) is 16.0 Å². The van der Waals surface area contributed by atoms with Crippen LogP contribution >= 0.6 is 11.3 Å². The highest BCUT2D eigenvalue weighted by Crippen LogP contribution is 2.39. The molecular formula is C20H19N5O2S. The highest BCUT2D eigenvalue weighted by Gasteiger charge is 2.22. The molecule has 0 amide bonds. The normalized spacial score (nSPS) is 17.2. The molecule has 142 valence electrons. The van der Waals surface area contributed by atoms with Crippen molar-refractivity contribution >= 4 is 27.4 Å². The van der Waals surface area contributed by atoms with E-state index in [1.54, 1.807) is 11.3 Å². The van der Waals surface area contributed by atoms with Gasteiger partial charge in [0.15, 0.2) is 0 Å². The smallest absolute Gasteiger partial charge is 0.135 e. The molecule has 0 radical (unpaired) electrons. The molecule has 2 N–H and O–H groups in total. The number of imidazole rings is 1. The van der Waals surface area contributed by atoms with E-state index in [0.717, 1.165) is 32.0 Å². The number of thiophene rings is 1. The number of nitrogens with zero attached hydrogens (tertiary/aromatic N) is 4. The van der Waals surface area contributed by atoms with Gasteiger partial charge in [0.2, 0.25) is 0 Å². The number of ether oxygens (including phenoxy) is 2. The second-order valence-corrected chi connectivity index (χ2v) is 7.65. The van der Waals surface area contributed by atoms with Gasteiger partial charge in [-0.1, -0.05) is 30.3 Å². The van der Waals surface area contributed by atoms with E-state index in [2.05, 4.69) is 26.7 Å². The van der Waals surface area contributed by atoms with Crippen LogP contribution in [0.5, 0.6) is 0 Å². The Labute approximate surface area is 165 Å². The standard InChI is InChI=1S/C20H19N5O2S/c21-19-15-8-16(28-20(15)23-11-22-19)18-17(13-4-2-1-3-5-13)24-12-25(18)9-14-10-26-6-7-27-14/h1-5,8,11-12,14H,6-7,9-10H2,(H2,21,22,23). The van der Waals surface area contributed by atoms with Gasteiger partial charge in [-0.3, -0.25) is 0 Å². The van der Waals surface area contributed by atoms with E-state index < -0.39 is 0 Å². The molecule has 0 spiro atoms. The second kappa shape index (κ2) is 7.31. The Morgan fingerprint density at radius 1 is 1.14 bits per heavy atom. The molecule has 1 aliphatic rings. The van der Waals surface area contributed by atoms with Crippen LogP contribution in [0.25, 0.3) is 32.0 Å². The number of fused-ring (bicyclic) bond motifs is 1. The lowest BCUT2D eigenvalue weighted by Crippen LogP contribution is -2.32. The van der Waals surface area contributed by atoms with E-state index in [4.69, 9.17) is 20.2 Å². The van der Waals surface area contributed by atoms with Gasteiger partial charge < -0.3 is 19.8 Å². The fraction of sp³-hybridized carbons (Fsp3) is 0.250. The van der Waals surface area contributed by atoms with Crippen molar-refractivity contribution in [2.24, 2.45) is 0 Å². The number of aromatic nitrogens is 4. The number of rotatable bonds is 4. The summed E-state index contributed by atoms with van der Waals surface area (Å²) in [5, 5.41) is 0.867. The summed E-state index contributed by atoms with van der Waals surface area (Å²) in [6, 6.07) is 12.2. The first-order chi connectivity index (χ1) is 13.8. The summed E-state index contributed by atoms with van der Waals surface area (Å²) in [4.78, 5) is 15.1. The van der Waals surface area contributed by atoms with Crippen LogP contribution in [-0.4, -0.2) is 45.4 Å². The summed E-state index contributed by atoms with van der Waals surface area (Å²) in [6.07, 6.45) is 3.37. The van der Waals surface area contributed by atoms with E-state index >= 15 is 0 Å². The average molecular weight is 393 g/mol. The van der Waals surface area contributed by atoms with Crippen molar-refractivity contribution in [2.45, 2.75) is 12.6 Å². The lowest BCUT2D eigenvalue weighted by Gasteiger charge is -2.24. The maximum absolute atomic E-state index is 6.06. The fourth-order valence-corrected chi connectivity index (χ4v) is 4.51. The summed E-state index contributed by atoms with van der Waals surface area (Å²) >= 11 is 1.59. The Hall–Kier alpha value is -2.81. The third kappa shape index (κ3) is 3.15. The maximum atomic E-state index is 6.06. The van der Waals surface area contributed by atoms with Crippen LogP contribution < -0.4 is 5.73 Å². The van der Waals surface area contributed by atoms with Crippen molar-refractivity contribution in [1.29, 1.82) is 0 Å². The quantitative estimate of drug-likeness (QED) is 0.573. The summed E-state index contributed by atoms with van der Waals surface area (Å²) < 4.78 is 13.6. The molecule has 4 heterocycles. The summed E-state index contributed by atoms with van der Waals surface area (Å²) in [5.74, 6) is 0.490. The molecule has 1 atom stereocenters. The Balaban J connectivity index is 1.63. The number of hydrogen-bond donors (Lipinski definition) is 1. The summed E-state index contributed by atoms with van der Waals surface area (Å²) in [7, 11) is 0. The topological polar surface area (TPSA) is 88.1 Å². The zero-order valence-corrected chi connectivity index (χ0v) is 15.9. The van der Waals surface area contributed by atoms with E-state index in [-0.39, 0.29) is 6.10 Å². The Bertz CT molecular complexity index is 1100. The predicted molar refractivity (Wildman–Crippen MR) is 109 cm³/mol. The van der Waals surface area contributed by atoms with Crippen LogP contribution in [0, 0.1) is 0 Å². The Morgan fingerprint density at radius 3 is 2.82 bits per heavy atom. The van der Waals surface area contributed by atoms with Gasteiger partial charge in [0, 0.05) is 5.56 Å². The molecule has 0 aliphatic carbocycles. The summed E-state index contributed by atoms with van der Waals surface area (Å²) in [5.41, 5.74) is 9.08. The molecule has 0 saturated carbocycles. The number of nitrogens with two attached hydrogens (primary N) is 1. The van der Waals surface area contributed by atoms with E-state index in [9.17, 15) is 0 Å². The van der Waals surface area contributed by atoms with Gasteiger partial charge in [-0.2, -0.15) is 0 Å². The third-order valence-corrected chi connectivity index (χ3v) is 5.81. The van der Waals surface area contributed by atoms with Crippen molar-refractivity contribution in [3.8, 4) is 21.8 Å². The predicted octanol–water partition coefficient (Wildman–Crippen LogP) is 3.22. The fourth-order valence-electron chi connectivity index (χ4n) is 3.44. The Morgan fingerprint density at radius 2 is 2.04 bits per heavy atom. The third-order valence-electron chi connectivity index (χ3n) is 4.76. The average Bonchev–Trinajstić information content (AvgIpc) is 3.34. The largest absolute Gasteiger partial charge is 0.383 e. The van der Waals surface area contributed by atoms with Gasteiger partial charge >= 0.3 is 0 Å². The molecule has 7 nitrogen and oxygen atoms in total. The highest BCUT2D eigenvalue weighted by molar-refractivity contribution is 7.21. The van der Waals surface area contributed by atoms with Gasteiger partial charge in [0.05, 0.1) is 60.4 Å². The molecule has 4 aromatic rings. The first kappa shape index (κ1) is 17.3. The molecule has 3 aromatic heterocycles. The second-order valence-electron chi connectivity index (χ2n) is 6.62. The molecule has 0 bridgehead atoms. The SMILES string of the molecule is Nc1ncnc2sc(-c3c(-c4ccccc4)ncn3CC3COCCO3)cc12. The van der Waals surface area contributed by atoms with Gasteiger partial charge in [-0.05, 0) is 6.07 Å².